The molecule has 0 radical (unpaired) electrons. The van der Waals surface area contributed by atoms with Crippen molar-refractivity contribution >= 4 is 5.82 Å². The van der Waals surface area contributed by atoms with E-state index in [1.807, 2.05) is 12.1 Å². The number of hydrazine groups is 1. The molecule has 0 atom stereocenters. The molecule has 0 aromatic carbocycles. The second kappa shape index (κ2) is 4.28. The van der Waals surface area contributed by atoms with Crippen LogP contribution in [0.4, 0.5) is 5.82 Å². The molecular formula is C10H15N3O. The lowest BCUT2D eigenvalue weighted by atomic mass is 10.3. The molecule has 0 amide bonds. The van der Waals surface area contributed by atoms with Gasteiger partial charge in [-0.2, -0.15) is 0 Å². The molecule has 4 heteroatoms. The van der Waals surface area contributed by atoms with Crippen LogP contribution in [0.5, 0.6) is 5.75 Å². The van der Waals surface area contributed by atoms with Gasteiger partial charge in [-0.05, 0) is 31.7 Å². The molecule has 0 bridgehead atoms. The van der Waals surface area contributed by atoms with Gasteiger partial charge in [0.15, 0.2) is 0 Å². The first-order valence-corrected chi connectivity index (χ1v) is 4.98. The highest BCUT2D eigenvalue weighted by molar-refractivity contribution is 5.39. The Bertz CT molecular complexity index is 297. The smallest absolute Gasteiger partial charge is 0.143 e. The molecule has 2 rings (SSSR count). The fourth-order valence-electron chi connectivity index (χ4n) is 1.76. The maximum atomic E-state index is 5.78. The number of anilines is 1. The van der Waals surface area contributed by atoms with Gasteiger partial charge in [-0.1, -0.05) is 0 Å². The minimum absolute atomic E-state index is 0.378. The van der Waals surface area contributed by atoms with E-state index in [2.05, 4.69) is 10.4 Å². The molecular weight excluding hydrogens is 178 g/mol. The standard InChI is InChI=1S/C10H15N3O/c11-13-10-7-9(5-6-12-10)14-8-3-1-2-4-8/h5-8H,1-4,11H2,(H,12,13). The molecule has 0 unspecified atom stereocenters. The number of nitrogen functional groups attached to an aromatic ring is 1. The van der Waals surface area contributed by atoms with Crippen LogP contribution in [-0.2, 0) is 0 Å². The van der Waals surface area contributed by atoms with Gasteiger partial charge in [0, 0.05) is 12.3 Å². The van der Waals surface area contributed by atoms with E-state index >= 15 is 0 Å². The van der Waals surface area contributed by atoms with E-state index in [4.69, 9.17) is 10.6 Å². The highest BCUT2D eigenvalue weighted by atomic mass is 16.5. The summed E-state index contributed by atoms with van der Waals surface area (Å²) in [6, 6.07) is 3.68. The number of nitrogens with one attached hydrogen (secondary N) is 1. The molecule has 1 aromatic rings. The normalized spacial score (nSPS) is 16.9. The maximum absolute atomic E-state index is 5.78. The van der Waals surface area contributed by atoms with Gasteiger partial charge in [-0.25, -0.2) is 10.8 Å². The number of nitrogens with zero attached hydrogens (tertiary/aromatic N) is 1. The van der Waals surface area contributed by atoms with Gasteiger partial charge < -0.3 is 10.2 Å². The number of hydrogen-bond acceptors (Lipinski definition) is 4. The zero-order chi connectivity index (χ0) is 9.80. The lowest BCUT2D eigenvalue weighted by Gasteiger charge is -2.13. The zero-order valence-electron chi connectivity index (χ0n) is 8.07. The van der Waals surface area contributed by atoms with Crippen molar-refractivity contribution in [3.63, 3.8) is 0 Å². The average molecular weight is 193 g/mol. The van der Waals surface area contributed by atoms with Crippen molar-refractivity contribution in [1.29, 1.82) is 0 Å². The van der Waals surface area contributed by atoms with Crippen LogP contribution in [0.3, 0.4) is 0 Å². The first-order chi connectivity index (χ1) is 6.88. The number of rotatable bonds is 3. The fourth-order valence-corrected chi connectivity index (χ4v) is 1.76. The molecule has 0 aliphatic heterocycles. The molecule has 4 nitrogen and oxygen atoms in total. The largest absolute Gasteiger partial charge is 0.490 e. The van der Waals surface area contributed by atoms with Gasteiger partial charge in [0.1, 0.15) is 11.6 Å². The highest BCUT2D eigenvalue weighted by Crippen LogP contribution is 2.24. The van der Waals surface area contributed by atoms with Crippen LogP contribution in [0.2, 0.25) is 0 Å². The Balaban J connectivity index is 2.00. The first-order valence-electron chi connectivity index (χ1n) is 4.98. The Morgan fingerprint density at radius 2 is 2.21 bits per heavy atom. The molecule has 1 fully saturated rings. The summed E-state index contributed by atoms with van der Waals surface area (Å²) in [6.07, 6.45) is 6.94. The van der Waals surface area contributed by atoms with Crippen molar-refractivity contribution in [2.45, 2.75) is 31.8 Å². The molecule has 1 aliphatic carbocycles. The van der Waals surface area contributed by atoms with Gasteiger partial charge in [0.2, 0.25) is 0 Å². The number of aromatic nitrogens is 1. The minimum atomic E-state index is 0.378. The molecule has 3 N–H and O–H groups in total. The molecule has 1 saturated carbocycles. The van der Waals surface area contributed by atoms with Crippen LogP contribution in [0.15, 0.2) is 18.3 Å². The van der Waals surface area contributed by atoms with Gasteiger partial charge in [-0.15, -0.1) is 0 Å². The third-order valence-corrected chi connectivity index (χ3v) is 2.48. The Morgan fingerprint density at radius 3 is 2.93 bits per heavy atom. The van der Waals surface area contributed by atoms with Crippen LogP contribution < -0.4 is 16.0 Å². The maximum Gasteiger partial charge on any atom is 0.143 e. The van der Waals surface area contributed by atoms with Crippen LogP contribution in [0.1, 0.15) is 25.7 Å². The number of pyridine rings is 1. The minimum Gasteiger partial charge on any atom is -0.490 e. The summed E-state index contributed by atoms with van der Waals surface area (Å²) in [7, 11) is 0. The lowest BCUT2D eigenvalue weighted by molar-refractivity contribution is 0.210. The molecule has 14 heavy (non-hydrogen) atoms. The van der Waals surface area contributed by atoms with Crippen LogP contribution in [0.25, 0.3) is 0 Å². The number of hydrogen-bond donors (Lipinski definition) is 2. The zero-order valence-corrected chi connectivity index (χ0v) is 8.07. The van der Waals surface area contributed by atoms with Gasteiger partial charge in [0.25, 0.3) is 0 Å². The highest BCUT2D eigenvalue weighted by Gasteiger charge is 2.16. The van der Waals surface area contributed by atoms with Crippen molar-refractivity contribution < 1.29 is 4.74 Å². The van der Waals surface area contributed by atoms with Crippen molar-refractivity contribution in [3.05, 3.63) is 18.3 Å². The molecule has 0 saturated heterocycles. The van der Waals surface area contributed by atoms with Crippen molar-refractivity contribution in [1.82, 2.24) is 4.98 Å². The summed E-state index contributed by atoms with van der Waals surface area (Å²) >= 11 is 0. The third-order valence-electron chi connectivity index (χ3n) is 2.48. The third kappa shape index (κ3) is 2.14. The molecule has 1 heterocycles. The molecule has 1 aliphatic rings. The van der Waals surface area contributed by atoms with E-state index in [9.17, 15) is 0 Å². The molecule has 0 spiro atoms. The SMILES string of the molecule is NNc1cc(OC2CCCC2)ccn1. The van der Waals surface area contributed by atoms with Crippen molar-refractivity contribution in [3.8, 4) is 5.75 Å². The summed E-state index contributed by atoms with van der Waals surface area (Å²) in [5.74, 6) is 6.75. The fraction of sp³-hybridized carbons (Fsp3) is 0.500. The topological polar surface area (TPSA) is 60.2 Å². The number of ether oxygens (including phenoxy) is 1. The summed E-state index contributed by atoms with van der Waals surface area (Å²) in [5.41, 5.74) is 2.50. The predicted molar refractivity (Wildman–Crippen MR) is 54.9 cm³/mol. The van der Waals surface area contributed by atoms with Gasteiger partial charge in [0.05, 0.1) is 6.10 Å². The van der Waals surface area contributed by atoms with Crippen molar-refractivity contribution in [2.75, 3.05) is 5.43 Å². The second-order valence-corrected chi connectivity index (χ2v) is 3.55. The summed E-state index contributed by atoms with van der Waals surface area (Å²) in [6.45, 7) is 0. The monoisotopic (exact) mass is 193 g/mol. The Hall–Kier alpha value is -1.29. The summed E-state index contributed by atoms with van der Waals surface area (Å²) in [5, 5.41) is 0. The van der Waals surface area contributed by atoms with Crippen molar-refractivity contribution in [2.24, 2.45) is 5.84 Å². The Morgan fingerprint density at radius 1 is 1.43 bits per heavy atom. The Kier molecular flexibility index (Phi) is 2.84. The van der Waals surface area contributed by atoms with E-state index in [1.165, 1.54) is 12.8 Å². The van der Waals surface area contributed by atoms with Crippen LogP contribution >= 0.6 is 0 Å². The first kappa shape index (κ1) is 9.27. The van der Waals surface area contributed by atoms with Crippen LogP contribution in [0, 0.1) is 0 Å². The van der Waals surface area contributed by atoms with Gasteiger partial charge >= 0.3 is 0 Å². The lowest BCUT2D eigenvalue weighted by Crippen LogP contribution is -2.12. The molecule has 1 aromatic heterocycles. The average Bonchev–Trinajstić information content (AvgIpc) is 2.71. The molecule has 76 valence electrons. The van der Waals surface area contributed by atoms with E-state index in [0.717, 1.165) is 18.6 Å². The van der Waals surface area contributed by atoms with E-state index in [-0.39, 0.29) is 0 Å². The van der Waals surface area contributed by atoms with Crippen LogP contribution in [-0.4, -0.2) is 11.1 Å². The summed E-state index contributed by atoms with van der Waals surface area (Å²) in [4.78, 5) is 4.02. The van der Waals surface area contributed by atoms with Gasteiger partial charge in [-0.3, -0.25) is 0 Å². The quantitative estimate of drug-likeness (QED) is 0.566. The van der Waals surface area contributed by atoms with E-state index in [0.29, 0.717) is 11.9 Å². The van der Waals surface area contributed by atoms with E-state index in [1.54, 1.807) is 6.20 Å². The second-order valence-electron chi connectivity index (χ2n) is 3.55. The Labute approximate surface area is 83.4 Å². The number of nitrogens with two attached hydrogens (primary N) is 1. The van der Waals surface area contributed by atoms with E-state index < -0.39 is 0 Å². The summed E-state index contributed by atoms with van der Waals surface area (Å²) < 4.78 is 5.78. The predicted octanol–water partition coefficient (Wildman–Crippen LogP) is 1.69.